The van der Waals surface area contributed by atoms with Gasteiger partial charge in [0, 0.05) is 30.9 Å². The largest absolute Gasteiger partial charge is 0.454 e. The number of nitro benzene ring substituents is 1. The molecule has 1 aromatic carbocycles. The fraction of sp³-hybridized carbons (Fsp3) is 0.621. The summed E-state index contributed by atoms with van der Waals surface area (Å²) in [6.07, 6.45) is -1.46. The highest BCUT2D eigenvalue weighted by Gasteiger charge is 2.56. The van der Waals surface area contributed by atoms with Gasteiger partial charge in [-0.25, -0.2) is 9.59 Å². The summed E-state index contributed by atoms with van der Waals surface area (Å²) in [6, 6.07) is 4.32. The number of amides is 3. The monoisotopic (exact) mass is 653 g/mol. The lowest BCUT2D eigenvalue weighted by Crippen LogP contribution is -2.68. The Morgan fingerprint density at radius 1 is 1.09 bits per heavy atom. The Hall–Kier alpha value is -3.30. The molecule has 3 amide bonds. The highest BCUT2D eigenvalue weighted by atomic mass is 32.2. The van der Waals surface area contributed by atoms with Crippen LogP contribution in [0.4, 0.5) is 10.5 Å². The van der Waals surface area contributed by atoms with E-state index in [-0.39, 0.29) is 41.2 Å². The number of ether oxygens (including phenoxy) is 2. The summed E-state index contributed by atoms with van der Waals surface area (Å²) >= 11 is 0.924. The van der Waals surface area contributed by atoms with Gasteiger partial charge in [-0.05, 0) is 63.5 Å². The Balaban J connectivity index is 2.11. The van der Waals surface area contributed by atoms with Crippen molar-refractivity contribution >= 4 is 54.8 Å². The third-order valence-electron chi connectivity index (χ3n) is 7.38. The van der Waals surface area contributed by atoms with E-state index in [1.807, 2.05) is 33.9 Å². The molecule has 0 radical (unpaired) electrons. The number of benzene rings is 1. The molecule has 1 fully saturated rings. The number of non-ortho nitro benzene ring substituents is 1. The number of nitro groups is 1. The van der Waals surface area contributed by atoms with Crippen LogP contribution in [-0.4, -0.2) is 77.2 Å². The molecule has 15 heteroatoms. The summed E-state index contributed by atoms with van der Waals surface area (Å²) in [7, 11) is -2.33. The van der Waals surface area contributed by atoms with Crippen molar-refractivity contribution in [2.24, 2.45) is 5.92 Å². The normalized spacial score (nSPS) is 17.8. The van der Waals surface area contributed by atoms with Crippen LogP contribution in [0.5, 0.6) is 0 Å². The first-order chi connectivity index (χ1) is 20.1. The predicted octanol–water partition coefficient (Wildman–Crippen LogP) is 4.58. The molecular weight excluding hydrogens is 610 g/mol. The van der Waals surface area contributed by atoms with Crippen LogP contribution in [-0.2, 0) is 39.7 Å². The highest BCUT2D eigenvalue weighted by molar-refractivity contribution is 8.13. The lowest BCUT2D eigenvalue weighted by Gasteiger charge is -2.49. The van der Waals surface area contributed by atoms with E-state index < -0.39 is 60.8 Å². The number of nitrogens with zero attached hydrogens (tertiary/aromatic N) is 2. The average molecular weight is 654 g/mol. The fourth-order valence-electron chi connectivity index (χ4n) is 4.15. The molecule has 0 saturated carbocycles. The number of rotatable bonds is 11. The molecule has 0 spiro atoms. The van der Waals surface area contributed by atoms with Crippen molar-refractivity contribution in [2.75, 3.05) is 12.3 Å². The smallest absolute Gasteiger partial charge is 0.407 e. The molecule has 1 aromatic rings. The Morgan fingerprint density at radius 2 is 1.68 bits per heavy atom. The van der Waals surface area contributed by atoms with Gasteiger partial charge in [0.05, 0.1) is 23.0 Å². The first kappa shape index (κ1) is 36.9. The molecule has 1 N–H and O–H groups in total. The van der Waals surface area contributed by atoms with Crippen LogP contribution in [0, 0.1) is 16.0 Å². The second kappa shape index (κ2) is 14.7. The zero-order valence-corrected chi connectivity index (χ0v) is 28.6. The summed E-state index contributed by atoms with van der Waals surface area (Å²) in [4.78, 5) is 74.9. The van der Waals surface area contributed by atoms with Crippen molar-refractivity contribution in [1.29, 1.82) is 0 Å². The van der Waals surface area contributed by atoms with Gasteiger partial charge in [-0.15, -0.1) is 0 Å². The molecule has 0 aromatic heterocycles. The van der Waals surface area contributed by atoms with E-state index in [1.54, 1.807) is 27.7 Å². The van der Waals surface area contributed by atoms with E-state index >= 15 is 0 Å². The van der Waals surface area contributed by atoms with Crippen LogP contribution in [0.25, 0.3) is 0 Å². The van der Waals surface area contributed by atoms with Crippen molar-refractivity contribution in [2.45, 2.75) is 97.4 Å². The molecule has 0 unspecified atom stereocenters. The van der Waals surface area contributed by atoms with Gasteiger partial charge in [-0.2, -0.15) is 0 Å². The second-order valence-corrected chi connectivity index (χ2v) is 19.0. The number of β-lactam (4-membered cyclic amide) rings is 1. The first-order valence-corrected chi connectivity index (χ1v) is 18.1. The van der Waals surface area contributed by atoms with Gasteiger partial charge >= 0.3 is 18.0 Å². The maximum absolute atomic E-state index is 13.3. The lowest BCUT2D eigenvalue weighted by molar-refractivity contribution is -0.384. The van der Waals surface area contributed by atoms with Crippen LogP contribution in [0.15, 0.2) is 24.3 Å². The van der Waals surface area contributed by atoms with E-state index in [9.17, 15) is 34.1 Å². The van der Waals surface area contributed by atoms with Crippen molar-refractivity contribution in [3.8, 4) is 0 Å². The molecular formula is C29H43N3O10SSi. The minimum atomic E-state index is -2.33. The van der Waals surface area contributed by atoms with Crippen LogP contribution >= 0.6 is 11.8 Å². The van der Waals surface area contributed by atoms with Crippen LogP contribution < -0.4 is 5.32 Å². The number of carbonyl (C=O) groups excluding carboxylic acids is 5. The predicted molar refractivity (Wildman–Crippen MR) is 166 cm³/mol. The molecule has 1 aliphatic rings. The van der Waals surface area contributed by atoms with Crippen LogP contribution in [0.3, 0.4) is 0 Å². The number of likely N-dealkylation sites (tertiary alicyclic amines) is 1. The van der Waals surface area contributed by atoms with Gasteiger partial charge < -0.3 is 19.2 Å². The molecule has 44 heavy (non-hydrogen) atoms. The maximum Gasteiger partial charge on any atom is 0.407 e. The number of hydrogen-bond acceptors (Lipinski definition) is 11. The Morgan fingerprint density at radius 3 is 2.20 bits per heavy atom. The number of alkyl carbamates (subject to hydrolysis) is 1. The molecule has 244 valence electrons. The van der Waals surface area contributed by atoms with Crippen LogP contribution in [0.1, 0.15) is 60.5 Å². The van der Waals surface area contributed by atoms with E-state index in [2.05, 4.69) is 5.32 Å². The van der Waals surface area contributed by atoms with E-state index in [4.69, 9.17) is 13.9 Å². The fourth-order valence-corrected chi connectivity index (χ4v) is 6.30. The Bertz CT molecular complexity index is 1260. The van der Waals surface area contributed by atoms with Gasteiger partial charge in [-0.3, -0.25) is 29.4 Å². The van der Waals surface area contributed by atoms with Gasteiger partial charge in [0.25, 0.3) is 5.69 Å². The maximum atomic E-state index is 13.3. The molecule has 1 saturated heterocycles. The second-order valence-electron chi connectivity index (χ2n) is 13.0. The van der Waals surface area contributed by atoms with Gasteiger partial charge in [0.15, 0.2) is 13.4 Å². The van der Waals surface area contributed by atoms with Crippen molar-refractivity contribution in [1.82, 2.24) is 10.2 Å². The third-order valence-corrected chi connectivity index (χ3v) is 12.9. The molecule has 0 aliphatic carbocycles. The SMILES string of the molecule is C[C@@H](O[Si](C)(C)C(C)(C)C)[C@H]1C(=O)N(C(=O)C(=O)OCc2ccc([N+](=O)[O-])cc2)[C@@H]1CC(=O)SCCNC(=O)OC(C)(C)C. The summed E-state index contributed by atoms with van der Waals surface area (Å²) in [6.45, 7) is 16.9. The van der Waals surface area contributed by atoms with E-state index in [0.29, 0.717) is 5.56 Å². The lowest BCUT2D eigenvalue weighted by atomic mass is 9.81. The number of hydrogen-bond donors (Lipinski definition) is 1. The van der Waals surface area contributed by atoms with Gasteiger partial charge in [0.2, 0.25) is 5.91 Å². The minimum absolute atomic E-state index is 0.145. The van der Waals surface area contributed by atoms with Crippen molar-refractivity contribution in [3.05, 3.63) is 39.9 Å². The van der Waals surface area contributed by atoms with Crippen molar-refractivity contribution < 1.29 is 42.8 Å². The average Bonchev–Trinajstić information content (AvgIpc) is 2.87. The van der Waals surface area contributed by atoms with E-state index in [1.165, 1.54) is 24.3 Å². The molecule has 0 bridgehead atoms. The molecule has 3 atom stereocenters. The zero-order chi connectivity index (χ0) is 33.6. The van der Waals surface area contributed by atoms with Crippen LogP contribution in [0.2, 0.25) is 18.1 Å². The summed E-state index contributed by atoms with van der Waals surface area (Å²) in [5.41, 5.74) is -0.404. The minimum Gasteiger partial charge on any atom is -0.454 e. The van der Waals surface area contributed by atoms with Crippen molar-refractivity contribution in [3.63, 3.8) is 0 Å². The highest BCUT2D eigenvalue weighted by Crippen LogP contribution is 2.41. The first-order valence-electron chi connectivity index (χ1n) is 14.2. The number of nitrogens with one attached hydrogen (secondary N) is 1. The quantitative estimate of drug-likeness (QED) is 0.0674. The van der Waals surface area contributed by atoms with E-state index in [0.717, 1.165) is 16.7 Å². The molecule has 13 nitrogen and oxygen atoms in total. The summed E-state index contributed by atoms with van der Waals surface area (Å²) in [5.74, 6) is -3.74. The third kappa shape index (κ3) is 10.1. The Labute approximate surface area is 263 Å². The molecule has 1 heterocycles. The summed E-state index contributed by atoms with van der Waals surface area (Å²) in [5, 5.41) is 12.9. The number of carbonyl (C=O) groups is 5. The number of imide groups is 1. The molecule has 1 aliphatic heterocycles. The Kier molecular flexibility index (Phi) is 12.3. The topological polar surface area (TPSA) is 171 Å². The van der Waals surface area contributed by atoms with Gasteiger partial charge in [-0.1, -0.05) is 32.5 Å². The number of esters is 1. The number of thioether (sulfide) groups is 1. The summed E-state index contributed by atoms with van der Waals surface area (Å²) < 4.78 is 16.7. The van der Waals surface area contributed by atoms with Gasteiger partial charge in [0.1, 0.15) is 12.2 Å². The standard InChI is InChI=1S/C29H43N3O10SSi/c1-18(42-44(8,9)29(5,6)7)23-21(16-22(33)43-15-14-30-27(37)41-28(2,3)4)31(24(23)34)25(35)26(36)40-17-19-10-12-20(13-11-19)32(38)39/h10-13,18,21,23H,14-17H2,1-9H3,(H,30,37)/t18-,21-,23-/m1/s1. The zero-order valence-electron chi connectivity index (χ0n) is 26.8. The molecule has 2 rings (SSSR count).